The molecule has 3 aromatic carbocycles. The van der Waals surface area contributed by atoms with Crippen molar-refractivity contribution in [2.45, 2.75) is 19.8 Å². The molecule has 0 saturated carbocycles. The van der Waals surface area contributed by atoms with Crippen LogP contribution < -0.4 is 4.74 Å². The van der Waals surface area contributed by atoms with Gasteiger partial charge in [0.1, 0.15) is 0 Å². The number of halogens is 1. The number of carbonyl (C=O) groups excluding carboxylic acids is 2. The van der Waals surface area contributed by atoms with Crippen LogP contribution in [-0.2, 0) is 12.8 Å². The predicted molar refractivity (Wildman–Crippen MR) is 116 cm³/mol. The van der Waals surface area contributed by atoms with Crippen molar-refractivity contribution >= 4 is 44.7 Å². The minimum absolute atomic E-state index is 0.0168. The quantitative estimate of drug-likeness (QED) is 0.457. The van der Waals surface area contributed by atoms with E-state index in [1.807, 2.05) is 19.1 Å². The summed E-state index contributed by atoms with van der Waals surface area (Å²) in [5.41, 5.74) is 3.92. The first-order chi connectivity index (χ1) is 14.5. The topological polar surface area (TPSA) is 79.2 Å². The molecule has 150 valence electrons. The molecule has 0 bridgehead atoms. The molecule has 6 nitrogen and oxygen atoms in total. The summed E-state index contributed by atoms with van der Waals surface area (Å²) in [7, 11) is 0. The third kappa shape index (κ3) is 2.73. The number of hydrogen-bond donors (Lipinski definition) is 1. The lowest BCUT2D eigenvalue weighted by atomic mass is 9.92. The van der Waals surface area contributed by atoms with Gasteiger partial charge < -0.3 is 9.84 Å². The van der Waals surface area contributed by atoms with Gasteiger partial charge in [-0.15, -0.1) is 0 Å². The maximum Gasteiger partial charge on any atom is 0.282 e. The van der Waals surface area contributed by atoms with Crippen molar-refractivity contribution in [1.82, 2.24) is 5.01 Å². The van der Waals surface area contributed by atoms with E-state index < -0.39 is 11.8 Å². The first-order valence-corrected chi connectivity index (χ1v) is 10.4. The molecule has 2 amide bonds. The number of phenolic OH excluding ortho intramolecular Hbond substituents is 1. The minimum Gasteiger partial charge on any atom is -0.503 e. The van der Waals surface area contributed by atoms with Crippen LogP contribution in [0.2, 0.25) is 0 Å². The molecule has 1 N–H and O–H groups in total. The van der Waals surface area contributed by atoms with Gasteiger partial charge in [0.05, 0.1) is 28.4 Å². The zero-order valence-electron chi connectivity index (χ0n) is 16.1. The number of aromatic hydroxyl groups is 1. The summed E-state index contributed by atoms with van der Waals surface area (Å²) < 4.78 is 5.85. The van der Waals surface area contributed by atoms with Crippen molar-refractivity contribution in [2.75, 3.05) is 6.61 Å². The van der Waals surface area contributed by atoms with Crippen LogP contribution >= 0.6 is 15.9 Å². The Balaban J connectivity index is 1.56. The lowest BCUT2D eigenvalue weighted by Crippen LogP contribution is -2.36. The Hall–Kier alpha value is -3.19. The molecule has 0 fully saturated rings. The van der Waals surface area contributed by atoms with Gasteiger partial charge in [-0.1, -0.05) is 12.1 Å². The van der Waals surface area contributed by atoms with E-state index in [4.69, 9.17) is 4.74 Å². The van der Waals surface area contributed by atoms with E-state index in [2.05, 4.69) is 21.0 Å². The first kappa shape index (κ1) is 18.8. The number of hydrogen-bond acceptors (Lipinski definition) is 5. The molecule has 0 atom stereocenters. The van der Waals surface area contributed by atoms with Crippen LogP contribution in [0.5, 0.6) is 11.5 Å². The SMILES string of the molecule is CCOc1cc(/C=N\N2C(=O)c3ccc4c5c(ccc(c35)C2=O)CC4)cc(Br)c1O. The summed E-state index contributed by atoms with van der Waals surface area (Å²) in [6.45, 7) is 2.19. The molecule has 2 aliphatic rings. The fraction of sp³-hybridized carbons (Fsp3) is 0.174. The van der Waals surface area contributed by atoms with Crippen LogP contribution in [0.25, 0.3) is 10.8 Å². The number of nitrogens with zero attached hydrogens (tertiary/aromatic N) is 2. The fourth-order valence-corrected chi connectivity index (χ4v) is 4.63. The summed E-state index contributed by atoms with van der Waals surface area (Å²) >= 11 is 3.28. The zero-order chi connectivity index (χ0) is 21.0. The van der Waals surface area contributed by atoms with Crippen LogP contribution in [0.1, 0.15) is 44.3 Å². The van der Waals surface area contributed by atoms with Crippen molar-refractivity contribution in [3.05, 3.63) is 68.7 Å². The third-order valence-electron chi connectivity index (χ3n) is 5.52. The second-order valence-electron chi connectivity index (χ2n) is 7.24. The normalized spacial score (nSPS) is 14.9. The van der Waals surface area contributed by atoms with Gasteiger partial charge in [-0.3, -0.25) is 9.59 Å². The molecule has 5 rings (SSSR count). The van der Waals surface area contributed by atoms with Gasteiger partial charge in [0.25, 0.3) is 11.8 Å². The number of imide groups is 1. The number of benzene rings is 3. The molecule has 0 radical (unpaired) electrons. The number of aryl methyl sites for hydroxylation is 2. The van der Waals surface area contributed by atoms with Gasteiger partial charge in [0.2, 0.25) is 0 Å². The van der Waals surface area contributed by atoms with Crippen LogP contribution in [-0.4, -0.2) is 34.8 Å². The van der Waals surface area contributed by atoms with Crippen molar-refractivity contribution in [1.29, 1.82) is 0 Å². The Morgan fingerprint density at radius 1 is 1.07 bits per heavy atom. The number of ether oxygens (including phenoxy) is 1. The van der Waals surface area contributed by atoms with E-state index in [9.17, 15) is 14.7 Å². The smallest absolute Gasteiger partial charge is 0.282 e. The summed E-state index contributed by atoms with van der Waals surface area (Å²) in [4.78, 5) is 26.2. The fourth-order valence-electron chi connectivity index (χ4n) is 4.17. The Labute approximate surface area is 180 Å². The van der Waals surface area contributed by atoms with E-state index >= 15 is 0 Å². The molecule has 7 heteroatoms. The second kappa shape index (κ2) is 6.95. The van der Waals surface area contributed by atoms with Crippen molar-refractivity contribution < 1.29 is 19.4 Å². The molecule has 1 aliphatic heterocycles. The number of rotatable bonds is 4. The summed E-state index contributed by atoms with van der Waals surface area (Å²) in [6.07, 6.45) is 3.26. The summed E-state index contributed by atoms with van der Waals surface area (Å²) in [6, 6.07) is 10.8. The molecule has 0 spiro atoms. The molecule has 3 aromatic rings. The number of carbonyl (C=O) groups is 2. The first-order valence-electron chi connectivity index (χ1n) is 9.65. The van der Waals surface area contributed by atoms with E-state index in [0.717, 1.165) is 28.6 Å². The molecule has 0 saturated heterocycles. The molecule has 1 heterocycles. The van der Waals surface area contributed by atoms with E-state index in [0.29, 0.717) is 27.8 Å². The summed E-state index contributed by atoms with van der Waals surface area (Å²) in [5.74, 6) is -0.612. The maximum atomic E-state index is 13.1. The van der Waals surface area contributed by atoms with Crippen molar-refractivity contribution in [2.24, 2.45) is 5.10 Å². The number of phenols is 1. The zero-order valence-corrected chi connectivity index (χ0v) is 17.7. The highest BCUT2D eigenvalue weighted by Crippen LogP contribution is 2.39. The number of amides is 2. The lowest BCUT2D eigenvalue weighted by Gasteiger charge is -2.23. The van der Waals surface area contributed by atoms with Gasteiger partial charge in [0, 0.05) is 5.39 Å². The maximum absolute atomic E-state index is 13.1. The number of hydrazone groups is 1. The van der Waals surface area contributed by atoms with E-state index in [-0.39, 0.29) is 11.5 Å². The van der Waals surface area contributed by atoms with E-state index in [1.54, 1.807) is 24.3 Å². The largest absolute Gasteiger partial charge is 0.503 e. The van der Waals surface area contributed by atoms with Crippen LogP contribution in [0.3, 0.4) is 0 Å². The van der Waals surface area contributed by atoms with Crippen LogP contribution in [0.4, 0.5) is 0 Å². The Morgan fingerprint density at radius 3 is 2.30 bits per heavy atom. The standard InChI is InChI=1S/C23H17BrN2O4/c1-2-30-18-10-12(9-17(24)21(18)27)11-25-26-22(28)15-7-5-13-3-4-14-6-8-16(23(26)29)20(15)19(13)14/h5-11,27H,2-4H2,1H3/b25-11-. The van der Waals surface area contributed by atoms with Gasteiger partial charge in [-0.05, 0) is 82.0 Å². The highest BCUT2D eigenvalue weighted by atomic mass is 79.9. The highest BCUT2D eigenvalue weighted by molar-refractivity contribution is 9.10. The Morgan fingerprint density at radius 2 is 1.70 bits per heavy atom. The average Bonchev–Trinajstić information content (AvgIpc) is 3.16. The lowest BCUT2D eigenvalue weighted by molar-refractivity contribution is 0.0616. The van der Waals surface area contributed by atoms with Gasteiger partial charge in [-0.25, -0.2) is 0 Å². The van der Waals surface area contributed by atoms with Crippen LogP contribution in [0, 0.1) is 0 Å². The van der Waals surface area contributed by atoms with Crippen LogP contribution in [0.15, 0.2) is 46.0 Å². The molecule has 1 aliphatic carbocycles. The molecular weight excluding hydrogens is 448 g/mol. The third-order valence-corrected chi connectivity index (χ3v) is 6.12. The van der Waals surface area contributed by atoms with Gasteiger partial charge in [0.15, 0.2) is 11.5 Å². The molecule has 0 unspecified atom stereocenters. The second-order valence-corrected chi connectivity index (χ2v) is 8.10. The molecular formula is C23H17BrN2O4. The minimum atomic E-state index is -0.442. The molecule has 0 aromatic heterocycles. The Bertz CT molecular complexity index is 1220. The Kier molecular flexibility index (Phi) is 4.36. The highest BCUT2D eigenvalue weighted by Gasteiger charge is 2.35. The average molecular weight is 465 g/mol. The summed E-state index contributed by atoms with van der Waals surface area (Å²) in [5, 5.41) is 16.9. The monoisotopic (exact) mass is 464 g/mol. The van der Waals surface area contributed by atoms with Crippen molar-refractivity contribution in [3.63, 3.8) is 0 Å². The molecule has 30 heavy (non-hydrogen) atoms. The van der Waals surface area contributed by atoms with Gasteiger partial charge >= 0.3 is 0 Å². The van der Waals surface area contributed by atoms with E-state index in [1.165, 1.54) is 17.3 Å². The predicted octanol–water partition coefficient (Wildman–Crippen LogP) is 4.44. The van der Waals surface area contributed by atoms with Gasteiger partial charge in [-0.2, -0.15) is 10.1 Å². The van der Waals surface area contributed by atoms with Crippen molar-refractivity contribution in [3.8, 4) is 11.5 Å².